The summed E-state index contributed by atoms with van der Waals surface area (Å²) in [5, 5.41) is 16.1. The minimum absolute atomic E-state index is 0.343. The van der Waals surface area contributed by atoms with Gasteiger partial charge in [-0.05, 0) is 70.0 Å². The first-order valence-corrected chi connectivity index (χ1v) is 13.3. The van der Waals surface area contributed by atoms with Gasteiger partial charge in [0.25, 0.3) is 0 Å². The number of fused-ring (bicyclic) bond motifs is 1. The predicted octanol–water partition coefficient (Wildman–Crippen LogP) is 3.46. The van der Waals surface area contributed by atoms with Crippen LogP contribution < -0.4 is 15.4 Å². The Morgan fingerprint density at radius 1 is 1.16 bits per heavy atom. The van der Waals surface area contributed by atoms with E-state index in [-0.39, 0.29) is 18.4 Å². The van der Waals surface area contributed by atoms with Crippen LogP contribution in [0.4, 0.5) is 11.4 Å². The summed E-state index contributed by atoms with van der Waals surface area (Å²) in [6.45, 7) is 5.59. The number of carbonyl (C=O) groups excluding carboxylic acids is 3. The van der Waals surface area contributed by atoms with Gasteiger partial charge in [-0.25, -0.2) is 0 Å². The molecule has 1 spiro atoms. The molecule has 0 radical (unpaired) electrons. The van der Waals surface area contributed by atoms with Crippen LogP contribution in [0.5, 0.6) is 5.75 Å². The Morgan fingerprint density at radius 3 is 2.53 bits per heavy atom. The van der Waals surface area contributed by atoms with Crippen molar-refractivity contribution in [2.75, 3.05) is 23.8 Å². The molecule has 0 aliphatic carbocycles. The fourth-order valence-corrected chi connectivity index (χ4v) is 6.59. The van der Waals surface area contributed by atoms with Gasteiger partial charge in [0, 0.05) is 5.69 Å². The van der Waals surface area contributed by atoms with Crippen molar-refractivity contribution in [1.29, 1.82) is 0 Å². The van der Waals surface area contributed by atoms with Crippen molar-refractivity contribution < 1.29 is 29.0 Å². The van der Waals surface area contributed by atoms with Gasteiger partial charge in [-0.2, -0.15) is 0 Å². The average molecular weight is 542 g/mol. The summed E-state index contributed by atoms with van der Waals surface area (Å²) in [5.41, 5.74) is -1.15. The van der Waals surface area contributed by atoms with E-state index in [2.05, 4.69) is 10.6 Å². The highest BCUT2D eigenvalue weighted by molar-refractivity contribution is 6.33. The number of hydrogen-bond acceptors (Lipinski definition) is 6. The average Bonchev–Trinajstić information content (AvgIpc) is 3.47. The van der Waals surface area contributed by atoms with Gasteiger partial charge in [-0.3, -0.25) is 14.4 Å². The van der Waals surface area contributed by atoms with Crippen LogP contribution in [0.3, 0.4) is 0 Å². The number of carbonyl (C=O) groups is 3. The van der Waals surface area contributed by atoms with Crippen molar-refractivity contribution in [1.82, 2.24) is 4.90 Å². The molecule has 3 heterocycles. The number of nitrogens with zero attached hydrogens (tertiary/aromatic N) is 1. The van der Waals surface area contributed by atoms with Crippen molar-refractivity contribution >= 4 is 40.7 Å². The van der Waals surface area contributed by atoms with E-state index in [0.29, 0.717) is 41.6 Å². The van der Waals surface area contributed by atoms with Crippen LogP contribution in [-0.2, 0) is 19.1 Å². The van der Waals surface area contributed by atoms with Gasteiger partial charge in [0.15, 0.2) is 0 Å². The van der Waals surface area contributed by atoms with E-state index in [0.717, 1.165) is 0 Å². The number of anilines is 2. The van der Waals surface area contributed by atoms with Crippen molar-refractivity contribution in [3.63, 3.8) is 0 Å². The fraction of sp³-hybridized carbons (Fsp3) is 0.464. The van der Waals surface area contributed by atoms with E-state index >= 15 is 0 Å². The van der Waals surface area contributed by atoms with Crippen molar-refractivity contribution in [3.05, 3.63) is 53.6 Å². The van der Waals surface area contributed by atoms with Crippen LogP contribution in [0.1, 0.15) is 33.6 Å². The normalized spacial score (nSPS) is 30.2. The Bertz CT molecular complexity index is 1260. The lowest BCUT2D eigenvalue weighted by molar-refractivity contribution is -0.146. The second-order valence-corrected chi connectivity index (χ2v) is 10.8. The number of aliphatic hydroxyl groups excluding tert-OH is 1. The molecule has 0 saturated carbocycles. The van der Waals surface area contributed by atoms with Crippen LogP contribution in [0.15, 0.2) is 48.5 Å². The molecule has 9 nitrogen and oxygen atoms in total. The van der Waals surface area contributed by atoms with Gasteiger partial charge in [0.1, 0.15) is 17.4 Å². The number of aliphatic hydroxyl groups is 1. The van der Waals surface area contributed by atoms with Crippen LogP contribution in [0, 0.1) is 11.8 Å². The van der Waals surface area contributed by atoms with E-state index in [1.165, 1.54) is 4.90 Å². The standard InChI is InChI=1S/C28H32ClN3O6/c1-4-37-18-11-9-17(10-12-18)30-24(34)21-22-26(36)32(16(2)15-33)23(28(22)14-13-27(21,3)38-28)25(35)31-20-8-6-5-7-19(20)29/h5-12,16,21-23,33H,4,13-15H2,1-3H3,(H,30,34)(H,31,35)/t16-,21+,22+,23?,27-,28?/m1/s1. The lowest BCUT2D eigenvalue weighted by atomic mass is 9.66. The lowest BCUT2D eigenvalue weighted by Gasteiger charge is -2.35. The number of halogens is 1. The number of benzene rings is 2. The molecular weight excluding hydrogens is 510 g/mol. The molecule has 202 valence electrons. The summed E-state index contributed by atoms with van der Waals surface area (Å²) in [7, 11) is 0. The van der Waals surface area contributed by atoms with Crippen LogP contribution in [-0.4, -0.2) is 64.2 Å². The number of ether oxygens (including phenoxy) is 2. The summed E-state index contributed by atoms with van der Waals surface area (Å²) in [6, 6.07) is 12.1. The number of amides is 3. The van der Waals surface area contributed by atoms with Crippen molar-refractivity contribution in [3.8, 4) is 5.75 Å². The van der Waals surface area contributed by atoms with Crippen LogP contribution in [0.2, 0.25) is 5.02 Å². The first-order valence-electron chi connectivity index (χ1n) is 12.9. The zero-order valence-electron chi connectivity index (χ0n) is 21.6. The minimum Gasteiger partial charge on any atom is -0.494 e. The highest BCUT2D eigenvalue weighted by atomic mass is 35.5. The summed E-state index contributed by atoms with van der Waals surface area (Å²) in [6.07, 6.45) is 0.942. The molecule has 3 fully saturated rings. The predicted molar refractivity (Wildman–Crippen MR) is 142 cm³/mol. The largest absolute Gasteiger partial charge is 0.494 e. The van der Waals surface area contributed by atoms with Gasteiger partial charge in [0.05, 0.1) is 47.4 Å². The van der Waals surface area contributed by atoms with E-state index in [1.54, 1.807) is 55.5 Å². The molecule has 3 aliphatic heterocycles. The molecule has 10 heteroatoms. The maximum absolute atomic E-state index is 14.0. The first-order chi connectivity index (χ1) is 18.1. The SMILES string of the molecule is CCOc1ccc(NC(=O)[C@@H]2[C@H]3C(=O)N([C@H](C)CO)C(C(=O)Nc4ccccc4Cl)C34CC[C@@]2(C)O4)cc1. The van der Waals surface area contributed by atoms with E-state index in [4.69, 9.17) is 21.1 Å². The zero-order valence-corrected chi connectivity index (χ0v) is 22.3. The Balaban J connectivity index is 1.48. The minimum atomic E-state index is -1.21. The first kappa shape index (κ1) is 26.5. The number of nitrogens with one attached hydrogen (secondary N) is 2. The van der Waals surface area contributed by atoms with Gasteiger partial charge < -0.3 is 30.1 Å². The molecule has 6 atom stereocenters. The Labute approximate surface area is 226 Å². The Morgan fingerprint density at radius 2 is 1.87 bits per heavy atom. The molecule has 2 unspecified atom stereocenters. The Hall–Kier alpha value is -3.14. The second-order valence-electron chi connectivity index (χ2n) is 10.4. The second kappa shape index (κ2) is 9.87. The van der Waals surface area contributed by atoms with Gasteiger partial charge in [0.2, 0.25) is 17.7 Å². The monoisotopic (exact) mass is 541 g/mol. The smallest absolute Gasteiger partial charge is 0.250 e. The molecule has 5 rings (SSSR count). The highest BCUT2D eigenvalue weighted by Gasteiger charge is 2.78. The third kappa shape index (κ3) is 4.13. The fourth-order valence-electron chi connectivity index (χ4n) is 6.41. The third-order valence-electron chi connectivity index (χ3n) is 8.05. The van der Waals surface area contributed by atoms with E-state index < -0.39 is 41.0 Å². The number of hydrogen-bond donors (Lipinski definition) is 3. The molecule has 3 N–H and O–H groups in total. The van der Waals surface area contributed by atoms with Crippen LogP contribution in [0.25, 0.3) is 0 Å². The molecule has 2 bridgehead atoms. The van der Waals surface area contributed by atoms with Crippen LogP contribution >= 0.6 is 11.6 Å². The third-order valence-corrected chi connectivity index (χ3v) is 8.38. The maximum Gasteiger partial charge on any atom is 0.250 e. The maximum atomic E-state index is 14.0. The highest BCUT2D eigenvalue weighted by Crippen LogP contribution is 2.63. The van der Waals surface area contributed by atoms with Gasteiger partial charge in [-0.1, -0.05) is 23.7 Å². The summed E-state index contributed by atoms with van der Waals surface area (Å²) < 4.78 is 12.0. The van der Waals surface area contributed by atoms with E-state index in [1.807, 2.05) is 13.8 Å². The molecule has 38 heavy (non-hydrogen) atoms. The van der Waals surface area contributed by atoms with Crippen molar-refractivity contribution in [2.45, 2.75) is 56.9 Å². The molecule has 0 aromatic heterocycles. The number of likely N-dealkylation sites (tertiary alicyclic amines) is 1. The number of rotatable bonds is 8. The molecule has 2 aromatic rings. The number of para-hydroxylation sites is 1. The molecular formula is C28H32ClN3O6. The molecule has 3 aliphatic rings. The summed E-state index contributed by atoms with van der Waals surface area (Å²) in [4.78, 5) is 42.8. The molecule has 2 aromatic carbocycles. The van der Waals surface area contributed by atoms with E-state index in [9.17, 15) is 19.5 Å². The molecule has 3 saturated heterocycles. The zero-order chi connectivity index (χ0) is 27.2. The van der Waals surface area contributed by atoms with Crippen molar-refractivity contribution in [2.24, 2.45) is 11.8 Å². The van der Waals surface area contributed by atoms with Gasteiger partial charge in [-0.15, -0.1) is 0 Å². The molecule has 3 amide bonds. The van der Waals surface area contributed by atoms with Gasteiger partial charge >= 0.3 is 0 Å². The summed E-state index contributed by atoms with van der Waals surface area (Å²) in [5.74, 6) is -2.19. The quantitative estimate of drug-likeness (QED) is 0.471. The topological polar surface area (TPSA) is 117 Å². The Kier molecular flexibility index (Phi) is 6.87. The lowest BCUT2D eigenvalue weighted by Crippen LogP contribution is -2.55. The summed E-state index contributed by atoms with van der Waals surface area (Å²) >= 11 is 6.28.